The number of H-pyrrole nitrogens is 1. The highest BCUT2D eigenvalue weighted by Crippen LogP contribution is 2.40. The zero-order chi connectivity index (χ0) is 23.4. The van der Waals surface area contributed by atoms with Crippen molar-refractivity contribution >= 4 is 28.4 Å². The average molecular weight is 439 g/mol. The molecule has 0 fully saturated rings. The number of fused-ring (bicyclic) bond motifs is 2. The van der Waals surface area contributed by atoms with Gasteiger partial charge < -0.3 is 20.7 Å². The van der Waals surface area contributed by atoms with Gasteiger partial charge in [-0.1, -0.05) is 24.3 Å². The van der Waals surface area contributed by atoms with Crippen LogP contribution < -0.4 is 5.73 Å². The second-order valence-electron chi connectivity index (χ2n) is 8.41. The Hall–Kier alpha value is -2.90. The van der Waals surface area contributed by atoms with Crippen LogP contribution in [-0.2, 0) is 16.0 Å². The van der Waals surface area contributed by atoms with E-state index in [1.807, 2.05) is 4.90 Å². The lowest BCUT2D eigenvalue weighted by atomic mass is 9.79. The van der Waals surface area contributed by atoms with Crippen LogP contribution in [0, 0.1) is 5.92 Å². The standard InChI is InChI=1S/C20H25N3O.C5H9NO2/c1-4-23(5-2)20(24)14-9-16-15-7-6-8-17-19(15)13(11-21-17)10-18(16)22(3)12-14;1-2-3-4(6)5(7)8/h6-9,11,14,18,21H,4-5,10,12H2,1-3H3;2,4H,1,3,6H2,(H,7,8)/t14-,18-;/m1./s1. The summed E-state index contributed by atoms with van der Waals surface area (Å²) in [5.41, 5.74) is 10.3. The number of aliphatic carboxylic acids is 1. The lowest BCUT2D eigenvalue weighted by Crippen LogP contribution is -2.47. The zero-order valence-electron chi connectivity index (χ0n) is 19.2. The first-order chi connectivity index (χ1) is 15.3. The molecule has 1 aromatic heterocycles. The topological polar surface area (TPSA) is 103 Å². The SMILES string of the molecule is C=CCC(N)C(=O)O.CCN(CC)C(=O)[C@@H]1C=C2c3cccc4[nH]cc(c34)C[C@H]2N(C)C1. The molecule has 0 radical (unpaired) electrons. The van der Waals surface area contributed by atoms with Crippen molar-refractivity contribution < 1.29 is 14.7 Å². The predicted octanol–water partition coefficient (Wildman–Crippen LogP) is 2.88. The van der Waals surface area contributed by atoms with Crippen molar-refractivity contribution in [1.29, 1.82) is 0 Å². The quantitative estimate of drug-likeness (QED) is 0.602. The van der Waals surface area contributed by atoms with E-state index in [0.717, 1.165) is 26.1 Å². The van der Waals surface area contributed by atoms with Gasteiger partial charge in [-0.05, 0) is 56.5 Å². The highest BCUT2D eigenvalue weighted by molar-refractivity contribution is 5.99. The molecule has 4 N–H and O–H groups in total. The van der Waals surface area contributed by atoms with E-state index in [9.17, 15) is 9.59 Å². The number of carboxylic acids is 1. The van der Waals surface area contributed by atoms with Gasteiger partial charge in [0.2, 0.25) is 5.91 Å². The number of hydrogen-bond donors (Lipinski definition) is 3. The maximum atomic E-state index is 12.9. The molecule has 0 spiro atoms. The third-order valence-electron chi connectivity index (χ3n) is 6.40. The number of rotatable bonds is 6. The third-order valence-corrected chi connectivity index (χ3v) is 6.40. The van der Waals surface area contributed by atoms with Gasteiger partial charge in [-0.25, -0.2) is 0 Å². The summed E-state index contributed by atoms with van der Waals surface area (Å²) in [5.74, 6) is -0.772. The number of hydrogen-bond acceptors (Lipinski definition) is 4. The first-order valence-corrected chi connectivity index (χ1v) is 11.2. The molecule has 0 saturated carbocycles. The van der Waals surface area contributed by atoms with E-state index in [0.29, 0.717) is 12.5 Å². The number of aromatic nitrogens is 1. The predicted molar refractivity (Wildman–Crippen MR) is 128 cm³/mol. The van der Waals surface area contributed by atoms with Gasteiger partial charge in [0.05, 0.1) is 5.92 Å². The summed E-state index contributed by atoms with van der Waals surface area (Å²) in [5, 5.41) is 9.48. The number of likely N-dealkylation sites (N-methyl/N-ethyl adjacent to an activating group) is 1. The van der Waals surface area contributed by atoms with Gasteiger partial charge in [-0.3, -0.25) is 14.5 Å². The summed E-state index contributed by atoms with van der Waals surface area (Å²) in [7, 11) is 2.15. The minimum atomic E-state index is -0.982. The molecule has 3 atom stereocenters. The van der Waals surface area contributed by atoms with Gasteiger partial charge >= 0.3 is 5.97 Å². The van der Waals surface area contributed by atoms with Gasteiger partial charge in [0, 0.05) is 42.8 Å². The Morgan fingerprint density at radius 3 is 2.69 bits per heavy atom. The number of carboxylic acid groups (broad SMARTS) is 1. The molecule has 1 aromatic carbocycles. The van der Waals surface area contributed by atoms with E-state index in [1.54, 1.807) is 0 Å². The van der Waals surface area contributed by atoms with Gasteiger partial charge in [0.15, 0.2) is 0 Å². The van der Waals surface area contributed by atoms with Crippen molar-refractivity contribution in [3.63, 3.8) is 0 Å². The fraction of sp³-hybridized carbons (Fsp3) is 0.440. The Morgan fingerprint density at radius 2 is 2.09 bits per heavy atom. The number of nitrogens with one attached hydrogen (secondary N) is 1. The van der Waals surface area contributed by atoms with Crippen LogP contribution in [-0.4, -0.2) is 70.5 Å². The number of aromatic amines is 1. The molecule has 1 aliphatic heterocycles. The van der Waals surface area contributed by atoms with Crippen LogP contribution in [0.25, 0.3) is 16.5 Å². The Morgan fingerprint density at radius 1 is 1.38 bits per heavy atom. The monoisotopic (exact) mass is 438 g/mol. The number of carbonyl (C=O) groups is 2. The van der Waals surface area contributed by atoms with Crippen molar-refractivity contribution in [2.45, 2.75) is 38.8 Å². The Balaban J connectivity index is 0.000000312. The second-order valence-corrected chi connectivity index (χ2v) is 8.41. The normalized spacial score (nSPS) is 20.4. The fourth-order valence-electron chi connectivity index (χ4n) is 4.66. The molecule has 2 aromatic rings. The Bertz CT molecular complexity index is 1020. The van der Waals surface area contributed by atoms with E-state index in [2.05, 4.69) is 67.8 Å². The van der Waals surface area contributed by atoms with E-state index in [1.165, 1.54) is 33.7 Å². The molecular weight excluding hydrogens is 404 g/mol. The summed E-state index contributed by atoms with van der Waals surface area (Å²) in [6.45, 7) is 9.81. The van der Waals surface area contributed by atoms with E-state index in [4.69, 9.17) is 10.8 Å². The van der Waals surface area contributed by atoms with Gasteiger partial charge in [0.1, 0.15) is 6.04 Å². The van der Waals surface area contributed by atoms with Crippen LogP contribution in [0.2, 0.25) is 0 Å². The van der Waals surface area contributed by atoms with Crippen molar-refractivity contribution in [3.05, 3.63) is 54.3 Å². The Kier molecular flexibility index (Phi) is 7.53. The van der Waals surface area contributed by atoms with Crippen molar-refractivity contribution in [2.75, 3.05) is 26.7 Å². The Labute approximate surface area is 189 Å². The first-order valence-electron chi connectivity index (χ1n) is 11.2. The maximum Gasteiger partial charge on any atom is 0.320 e. The van der Waals surface area contributed by atoms with E-state index < -0.39 is 12.0 Å². The smallest absolute Gasteiger partial charge is 0.320 e. The summed E-state index contributed by atoms with van der Waals surface area (Å²) >= 11 is 0. The third kappa shape index (κ3) is 4.64. The number of amides is 1. The summed E-state index contributed by atoms with van der Waals surface area (Å²) in [6.07, 6.45) is 7.22. The highest BCUT2D eigenvalue weighted by Gasteiger charge is 2.36. The number of benzene rings is 1. The molecule has 7 heteroatoms. The first kappa shape index (κ1) is 23.8. The van der Waals surface area contributed by atoms with Crippen LogP contribution >= 0.6 is 0 Å². The molecule has 2 heterocycles. The van der Waals surface area contributed by atoms with Gasteiger partial charge in [-0.15, -0.1) is 6.58 Å². The van der Waals surface area contributed by atoms with Crippen LogP contribution in [0.4, 0.5) is 0 Å². The second kappa shape index (κ2) is 10.1. The lowest BCUT2D eigenvalue weighted by molar-refractivity contribution is -0.138. The van der Waals surface area contributed by atoms with Crippen LogP contribution in [0.3, 0.4) is 0 Å². The molecule has 0 bridgehead atoms. The van der Waals surface area contributed by atoms with Gasteiger partial charge in [0.25, 0.3) is 0 Å². The molecule has 172 valence electrons. The molecule has 1 amide bonds. The number of nitrogens with zero attached hydrogens (tertiary/aromatic N) is 2. The van der Waals surface area contributed by atoms with Crippen molar-refractivity contribution in [3.8, 4) is 0 Å². The van der Waals surface area contributed by atoms with Crippen LogP contribution in [0.1, 0.15) is 31.4 Å². The largest absolute Gasteiger partial charge is 0.480 e. The van der Waals surface area contributed by atoms with Crippen molar-refractivity contribution in [1.82, 2.24) is 14.8 Å². The summed E-state index contributed by atoms with van der Waals surface area (Å²) in [6, 6.07) is 6.04. The molecule has 4 rings (SSSR count). The van der Waals surface area contributed by atoms with E-state index in [-0.39, 0.29) is 11.8 Å². The molecule has 2 aliphatic rings. The highest BCUT2D eigenvalue weighted by atomic mass is 16.4. The van der Waals surface area contributed by atoms with Crippen molar-refractivity contribution in [2.24, 2.45) is 11.7 Å². The summed E-state index contributed by atoms with van der Waals surface area (Å²) in [4.78, 5) is 30.5. The van der Waals surface area contributed by atoms with Crippen LogP contribution in [0.5, 0.6) is 0 Å². The number of nitrogens with two attached hydrogens (primary N) is 1. The molecule has 7 nitrogen and oxygen atoms in total. The molecule has 1 aliphatic carbocycles. The molecule has 32 heavy (non-hydrogen) atoms. The van der Waals surface area contributed by atoms with E-state index >= 15 is 0 Å². The summed E-state index contributed by atoms with van der Waals surface area (Å²) < 4.78 is 0. The minimum Gasteiger partial charge on any atom is -0.480 e. The van der Waals surface area contributed by atoms with Gasteiger partial charge in [-0.2, -0.15) is 0 Å². The molecule has 0 saturated heterocycles. The number of carbonyl (C=O) groups excluding carboxylic acids is 1. The lowest BCUT2D eigenvalue weighted by Gasteiger charge is -2.40. The minimum absolute atomic E-state index is 0.0445. The molecular formula is C25H34N4O3. The van der Waals surface area contributed by atoms with Crippen LogP contribution in [0.15, 0.2) is 43.1 Å². The molecule has 1 unspecified atom stereocenters. The maximum absolute atomic E-state index is 12.9. The fourth-order valence-corrected chi connectivity index (χ4v) is 4.66. The average Bonchev–Trinajstić information content (AvgIpc) is 3.20. The zero-order valence-corrected chi connectivity index (χ0v) is 19.2.